The van der Waals surface area contributed by atoms with Crippen molar-refractivity contribution in [1.82, 2.24) is 15.1 Å². The number of rotatable bonds is 3. The summed E-state index contributed by atoms with van der Waals surface area (Å²) in [6, 6.07) is 7.71. The van der Waals surface area contributed by atoms with E-state index in [1.807, 2.05) is 31.2 Å². The molecule has 0 spiro atoms. The summed E-state index contributed by atoms with van der Waals surface area (Å²) in [4.78, 5) is 12.3. The number of carbonyl (C=O) groups is 1. The highest BCUT2D eigenvalue weighted by Gasteiger charge is 2.19. The van der Waals surface area contributed by atoms with Crippen LogP contribution < -0.4 is 11.1 Å². The van der Waals surface area contributed by atoms with Gasteiger partial charge < -0.3 is 11.1 Å². The van der Waals surface area contributed by atoms with Gasteiger partial charge in [0.25, 0.3) is 5.91 Å². The predicted molar refractivity (Wildman–Crippen MR) is 82.4 cm³/mol. The SMILES string of the molecule is Cc1nn(C)c(C(=O)NC(C)c2ccc(Br)cc2)c1N. The fourth-order valence-corrected chi connectivity index (χ4v) is 2.31. The van der Waals surface area contributed by atoms with Gasteiger partial charge in [-0.3, -0.25) is 9.48 Å². The zero-order valence-corrected chi connectivity index (χ0v) is 13.2. The van der Waals surface area contributed by atoms with Gasteiger partial charge in [0, 0.05) is 11.5 Å². The molecule has 0 saturated carbocycles. The third-order valence-corrected chi connectivity index (χ3v) is 3.73. The van der Waals surface area contributed by atoms with Crippen molar-refractivity contribution >= 4 is 27.5 Å². The van der Waals surface area contributed by atoms with Crippen LogP contribution in [0.15, 0.2) is 28.7 Å². The predicted octanol–water partition coefficient (Wildman–Crippen LogP) is 2.56. The highest BCUT2D eigenvalue weighted by molar-refractivity contribution is 9.10. The standard InChI is InChI=1S/C14H17BrN4O/c1-8(10-4-6-11(15)7-5-10)17-14(20)13-12(16)9(2)18-19(13)3/h4-8H,16H2,1-3H3,(H,17,20). The van der Waals surface area contributed by atoms with E-state index in [4.69, 9.17) is 5.73 Å². The Kier molecular flexibility index (Phi) is 4.13. The molecule has 3 N–H and O–H groups in total. The summed E-state index contributed by atoms with van der Waals surface area (Å²) in [6.45, 7) is 3.71. The summed E-state index contributed by atoms with van der Waals surface area (Å²) in [5.41, 5.74) is 8.40. The number of halogens is 1. The molecule has 1 amide bonds. The quantitative estimate of drug-likeness (QED) is 0.904. The van der Waals surface area contributed by atoms with Gasteiger partial charge in [0.1, 0.15) is 5.69 Å². The second kappa shape index (κ2) is 5.66. The van der Waals surface area contributed by atoms with E-state index >= 15 is 0 Å². The van der Waals surface area contributed by atoms with Crippen molar-refractivity contribution in [3.8, 4) is 0 Å². The van der Waals surface area contributed by atoms with E-state index in [-0.39, 0.29) is 11.9 Å². The number of hydrogen-bond donors (Lipinski definition) is 2. The van der Waals surface area contributed by atoms with Gasteiger partial charge in [-0.1, -0.05) is 28.1 Å². The van der Waals surface area contributed by atoms with Crippen LogP contribution in [-0.4, -0.2) is 15.7 Å². The first-order chi connectivity index (χ1) is 9.40. The van der Waals surface area contributed by atoms with E-state index in [1.165, 1.54) is 4.68 Å². The number of aryl methyl sites for hydroxylation is 2. The van der Waals surface area contributed by atoms with Crippen LogP contribution in [0.5, 0.6) is 0 Å². The normalized spacial score (nSPS) is 12.2. The monoisotopic (exact) mass is 336 g/mol. The molecule has 1 unspecified atom stereocenters. The number of nitrogens with one attached hydrogen (secondary N) is 1. The molecular weight excluding hydrogens is 320 g/mol. The van der Waals surface area contributed by atoms with E-state index in [1.54, 1.807) is 14.0 Å². The average Bonchev–Trinajstić information content (AvgIpc) is 2.63. The van der Waals surface area contributed by atoms with Gasteiger partial charge in [-0.25, -0.2) is 0 Å². The van der Waals surface area contributed by atoms with E-state index in [9.17, 15) is 4.79 Å². The largest absolute Gasteiger partial charge is 0.395 e. The number of nitrogens with two attached hydrogens (primary N) is 1. The van der Waals surface area contributed by atoms with Crippen molar-refractivity contribution in [2.45, 2.75) is 19.9 Å². The average molecular weight is 337 g/mol. The first-order valence-electron chi connectivity index (χ1n) is 6.25. The summed E-state index contributed by atoms with van der Waals surface area (Å²) in [5.74, 6) is -0.221. The number of benzene rings is 1. The van der Waals surface area contributed by atoms with E-state index in [0.29, 0.717) is 17.1 Å². The molecule has 5 nitrogen and oxygen atoms in total. The van der Waals surface area contributed by atoms with Crippen LogP contribution in [0.4, 0.5) is 5.69 Å². The minimum atomic E-state index is -0.221. The Balaban J connectivity index is 2.17. The van der Waals surface area contributed by atoms with Crippen molar-refractivity contribution in [3.05, 3.63) is 45.7 Å². The van der Waals surface area contributed by atoms with Gasteiger partial charge in [0.15, 0.2) is 0 Å². The zero-order chi connectivity index (χ0) is 14.9. The van der Waals surface area contributed by atoms with Crippen LogP contribution in [-0.2, 0) is 7.05 Å². The summed E-state index contributed by atoms with van der Waals surface area (Å²) in [5, 5.41) is 7.08. The first-order valence-corrected chi connectivity index (χ1v) is 7.05. The maximum Gasteiger partial charge on any atom is 0.272 e. The molecule has 1 aromatic carbocycles. The fourth-order valence-electron chi connectivity index (χ4n) is 2.04. The molecule has 1 heterocycles. The minimum Gasteiger partial charge on any atom is -0.395 e. The van der Waals surface area contributed by atoms with Gasteiger partial charge in [-0.05, 0) is 31.5 Å². The van der Waals surface area contributed by atoms with Crippen molar-refractivity contribution in [2.75, 3.05) is 5.73 Å². The van der Waals surface area contributed by atoms with Crippen LogP contribution in [0.3, 0.4) is 0 Å². The molecule has 0 saturated heterocycles. The molecule has 2 rings (SSSR count). The van der Waals surface area contributed by atoms with Crippen LogP contribution in [0, 0.1) is 6.92 Å². The lowest BCUT2D eigenvalue weighted by Crippen LogP contribution is -2.29. The molecule has 1 aromatic heterocycles. The van der Waals surface area contributed by atoms with Gasteiger partial charge in [-0.2, -0.15) is 5.10 Å². The molecule has 0 fully saturated rings. The number of anilines is 1. The lowest BCUT2D eigenvalue weighted by atomic mass is 10.1. The van der Waals surface area contributed by atoms with Gasteiger partial charge in [0.05, 0.1) is 17.4 Å². The molecule has 2 aromatic rings. The molecule has 1 atom stereocenters. The van der Waals surface area contributed by atoms with E-state index in [0.717, 1.165) is 10.0 Å². The second-order valence-electron chi connectivity index (χ2n) is 4.72. The Morgan fingerprint density at radius 1 is 1.40 bits per heavy atom. The van der Waals surface area contributed by atoms with Crippen LogP contribution in [0.1, 0.15) is 34.7 Å². The molecule has 6 heteroatoms. The second-order valence-corrected chi connectivity index (χ2v) is 5.63. The van der Waals surface area contributed by atoms with Gasteiger partial charge in [0.2, 0.25) is 0 Å². The van der Waals surface area contributed by atoms with Crippen LogP contribution in [0.25, 0.3) is 0 Å². The molecule has 20 heavy (non-hydrogen) atoms. The van der Waals surface area contributed by atoms with Crippen molar-refractivity contribution < 1.29 is 4.79 Å². The van der Waals surface area contributed by atoms with Crippen LogP contribution >= 0.6 is 15.9 Å². The smallest absolute Gasteiger partial charge is 0.272 e. The lowest BCUT2D eigenvalue weighted by Gasteiger charge is -2.14. The molecule has 0 aliphatic carbocycles. The number of nitrogen functional groups attached to an aromatic ring is 1. The fraction of sp³-hybridized carbons (Fsp3) is 0.286. The highest BCUT2D eigenvalue weighted by Crippen LogP contribution is 2.19. The van der Waals surface area contributed by atoms with Gasteiger partial charge in [-0.15, -0.1) is 0 Å². The maximum atomic E-state index is 12.3. The molecule has 106 valence electrons. The number of amides is 1. The number of nitrogens with zero attached hydrogens (tertiary/aromatic N) is 2. The van der Waals surface area contributed by atoms with E-state index in [2.05, 4.69) is 26.3 Å². The molecular formula is C14H17BrN4O. The lowest BCUT2D eigenvalue weighted by molar-refractivity contribution is 0.0931. The summed E-state index contributed by atoms with van der Waals surface area (Å²) >= 11 is 3.39. The minimum absolute atomic E-state index is 0.106. The Labute approximate surface area is 126 Å². The van der Waals surface area contributed by atoms with Crippen molar-refractivity contribution in [2.24, 2.45) is 7.05 Å². The van der Waals surface area contributed by atoms with Gasteiger partial charge >= 0.3 is 0 Å². The summed E-state index contributed by atoms with van der Waals surface area (Å²) in [7, 11) is 1.71. The number of hydrogen-bond acceptors (Lipinski definition) is 3. The molecule has 0 aliphatic rings. The number of carbonyl (C=O) groups excluding carboxylic acids is 1. The van der Waals surface area contributed by atoms with Crippen molar-refractivity contribution in [3.63, 3.8) is 0 Å². The summed E-state index contributed by atoms with van der Waals surface area (Å²) in [6.07, 6.45) is 0. The molecule has 0 aliphatic heterocycles. The highest BCUT2D eigenvalue weighted by atomic mass is 79.9. The Hall–Kier alpha value is -1.82. The van der Waals surface area contributed by atoms with Crippen molar-refractivity contribution in [1.29, 1.82) is 0 Å². The summed E-state index contributed by atoms with van der Waals surface area (Å²) < 4.78 is 2.51. The topological polar surface area (TPSA) is 72.9 Å². The third-order valence-electron chi connectivity index (χ3n) is 3.20. The Morgan fingerprint density at radius 2 is 2.00 bits per heavy atom. The Bertz CT molecular complexity index is 633. The first kappa shape index (κ1) is 14.6. The molecule has 0 radical (unpaired) electrons. The molecule has 0 bridgehead atoms. The maximum absolute atomic E-state index is 12.3. The zero-order valence-electron chi connectivity index (χ0n) is 11.6. The Morgan fingerprint density at radius 3 is 2.50 bits per heavy atom. The third kappa shape index (κ3) is 2.85. The number of aromatic nitrogens is 2. The van der Waals surface area contributed by atoms with Crippen LogP contribution in [0.2, 0.25) is 0 Å². The van der Waals surface area contributed by atoms with E-state index < -0.39 is 0 Å².